The van der Waals surface area contributed by atoms with Gasteiger partial charge in [0.15, 0.2) is 0 Å². The van der Waals surface area contributed by atoms with Crippen molar-refractivity contribution < 1.29 is 31.1 Å². The molecule has 0 unspecified atom stereocenters. The molecule has 0 aliphatic carbocycles. The molecule has 0 atom stereocenters. The van der Waals surface area contributed by atoms with E-state index in [0.29, 0.717) is 36.3 Å². The Morgan fingerprint density at radius 1 is 1.00 bits per heavy atom. The highest BCUT2D eigenvalue weighted by atomic mass is 32.2. The summed E-state index contributed by atoms with van der Waals surface area (Å²) in [7, 11) is -3.30. The molecule has 1 aliphatic rings. The van der Waals surface area contributed by atoms with Crippen molar-refractivity contribution in [2.24, 2.45) is 0 Å². The summed E-state index contributed by atoms with van der Waals surface area (Å²) >= 11 is 0. The third-order valence-electron chi connectivity index (χ3n) is 5.89. The number of nitrogens with zero attached hydrogens (tertiary/aromatic N) is 1. The number of carbonyl (C=O) groups excluding carboxylic acids is 1. The van der Waals surface area contributed by atoms with Crippen molar-refractivity contribution in [2.75, 3.05) is 12.3 Å². The van der Waals surface area contributed by atoms with E-state index in [1.165, 1.54) is 16.4 Å². The van der Waals surface area contributed by atoms with Crippen molar-refractivity contribution in [3.63, 3.8) is 0 Å². The summed E-state index contributed by atoms with van der Waals surface area (Å²) in [6.45, 7) is 2.47. The molecule has 5 nitrogen and oxygen atoms in total. The van der Waals surface area contributed by atoms with Crippen molar-refractivity contribution in [1.29, 1.82) is 0 Å². The fourth-order valence-electron chi connectivity index (χ4n) is 4.11. The molecule has 0 bridgehead atoms. The van der Waals surface area contributed by atoms with Crippen molar-refractivity contribution in [1.82, 2.24) is 4.31 Å². The molecule has 0 radical (unpaired) electrons. The van der Waals surface area contributed by atoms with E-state index in [1.807, 2.05) is 6.92 Å². The van der Waals surface area contributed by atoms with Crippen LogP contribution in [0.4, 0.5) is 13.2 Å². The van der Waals surface area contributed by atoms with E-state index in [-0.39, 0.29) is 17.9 Å². The molecule has 35 heavy (non-hydrogen) atoms. The largest absolute Gasteiger partial charge is 0.423 e. The number of benzene rings is 3. The number of alkyl halides is 3. The van der Waals surface area contributed by atoms with Gasteiger partial charge in [0.1, 0.15) is 5.75 Å². The van der Waals surface area contributed by atoms with Gasteiger partial charge < -0.3 is 4.74 Å². The van der Waals surface area contributed by atoms with E-state index >= 15 is 0 Å². The Bertz CT molecular complexity index is 1340. The molecule has 0 saturated heterocycles. The SMILES string of the molecule is CCCS(=O)(=O)N1CCc2cc(OC(=O)c3ccccc3-c3ccc(C(F)(F)F)cc3)ccc2C1. The predicted molar refractivity (Wildman–Crippen MR) is 126 cm³/mol. The summed E-state index contributed by atoms with van der Waals surface area (Å²) < 4.78 is 70.5. The monoisotopic (exact) mass is 503 g/mol. The second kappa shape index (κ2) is 9.83. The van der Waals surface area contributed by atoms with Gasteiger partial charge in [0.25, 0.3) is 0 Å². The molecule has 0 fully saturated rings. The molecule has 0 amide bonds. The minimum atomic E-state index is -4.44. The fourth-order valence-corrected chi connectivity index (χ4v) is 5.58. The Labute approximate surface area is 202 Å². The van der Waals surface area contributed by atoms with Crippen molar-refractivity contribution >= 4 is 16.0 Å². The number of hydrogen-bond donors (Lipinski definition) is 0. The van der Waals surface area contributed by atoms with Gasteiger partial charge in [-0.05, 0) is 65.4 Å². The fraction of sp³-hybridized carbons (Fsp3) is 0.269. The van der Waals surface area contributed by atoms with Crippen LogP contribution in [-0.4, -0.2) is 31.0 Å². The Hall–Kier alpha value is -3.17. The second-order valence-corrected chi connectivity index (χ2v) is 10.4. The van der Waals surface area contributed by atoms with E-state index < -0.39 is 27.7 Å². The van der Waals surface area contributed by atoms with Gasteiger partial charge in [0.2, 0.25) is 10.0 Å². The van der Waals surface area contributed by atoms with Gasteiger partial charge >= 0.3 is 12.1 Å². The summed E-state index contributed by atoms with van der Waals surface area (Å²) in [5.74, 6) is -0.208. The van der Waals surface area contributed by atoms with Crippen LogP contribution in [0.2, 0.25) is 0 Å². The van der Waals surface area contributed by atoms with Crippen LogP contribution in [0.3, 0.4) is 0 Å². The quantitative estimate of drug-likeness (QED) is 0.320. The number of carbonyl (C=O) groups is 1. The number of halogens is 3. The number of sulfonamides is 1. The van der Waals surface area contributed by atoms with Gasteiger partial charge in [-0.3, -0.25) is 0 Å². The lowest BCUT2D eigenvalue weighted by atomic mass is 9.98. The van der Waals surface area contributed by atoms with Crippen LogP contribution in [0.25, 0.3) is 11.1 Å². The first-order valence-corrected chi connectivity index (χ1v) is 12.8. The zero-order valence-electron chi connectivity index (χ0n) is 19.0. The lowest BCUT2D eigenvalue weighted by molar-refractivity contribution is -0.137. The van der Waals surface area contributed by atoms with Crippen LogP contribution >= 0.6 is 0 Å². The number of hydrogen-bond acceptors (Lipinski definition) is 4. The topological polar surface area (TPSA) is 63.7 Å². The maximum atomic E-state index is 13.0. The van der Waals surface area contributed by atoms with Crippen LogP contribution in [0.15, 0.2) is 66.7 Å². The minimum absolute atomic E-state index is 0.108. The molecule has 1 heterocycles. The van der Waals surface area contributed by atoms with E-state index in [9.17, 15) is 26.4 Å². The highest BCUT2D eigenvalue weighted by molar-refractivity contribution is 7.89. The summed E-state index contributed by atoms with van der Waals surface area (Å²) in [4.78, 5) is 13.0. The van der Waals surface area contributed by atoms with Crippen LogP contribution < -0.4 is 4.74 Å². The van der Waals surface area contributed by atoms with E-state index in [0.717, 1.165) is 23.3 Å². The molecule has 0 spiro atoms. The minimum Gasteiger partial charge on any atom is -0.423 e. The van der Waals surface area contributed by atoms with Gasteiger partial charge in [-0.25, -0.2) is 13.2 Å². The van der Waals surface area contributed by atoms with Crippen molar-refractivity contribution in [2.45, 2.75) is 32.5 Å². The Morgan fingerprint density at radius 3 is 2.40 bits per heavy atom. The van der Waals surface area contributed by atoms with Crippen LogP contribution in [-0.2, 0) is 29.2 Å². The predicted octanol–water partition coefficient (Wildman–Crippen LogP) is 5.69. The van der Waals surface area contributed by atoms with Crippen molar-refractivity contribution in [3.05, 3.63) is 89.0 Å². The first kappa shape index (κ1) is 24.9. The Balaban J connectivity index is 1.53. The first-order valence-electron chi connectivity index (χ1n) is 11.2. The zero-order chi connectivity index (χ0) is 25.2. The molecular weight excluding hydrogens is 479 g/mol. The van der Waals surface area contributed by atoms with Crippen molar-refractivity contribution in [3.8, 4) is 16.9 Å². The average molecular weight is 504 g/mol. The van der Waals surface area contributed by atoms with Gasteiger partial charge in [-0.2, -0.15) is 17.5 Å². The molecule has 9 heteroatoms. The number of ether oxygens (including phenoxy) is 1. The maximum absolute atomic E-state index is 13.0. The van der Waals surface area contributed by atoms with Gasteiger partial charge in [0.05, 0.1) is 16.9 Å². The van der Waals surface area contributed by atoms with Gasteiger partial charge in [-0.15, -0.1) is 0 Å². The zero-order valence-corrected chi connectivity index (χ0v) is 19.8. The molecule has 1 aliphatic heterocycles. The lowest BCUT2D eigenvalue weighted by Crippen LogP contribution is -2.37. The third-order valence-corrected chi connectivity index (χ3v) is 7.91. The first-order chi connectivity index (χ1) is 16.6. The lowest BCUT2D eigenvalue weighted by Gasteiger charge is -2.28. The normalized spacial score (nSPS) is 14.4. The van der Waals surface area contributed by atoms with Gasteiger partial charge in [-0.1, -0.05) is 43.3 Å². The Kier molecular flexibility index (Phi) is 7.00. The summed E-state index contributed by atoms with van der Waals surface area (Å²) in [5, 5.41) is 0. The Morgan fingerprint density at radius 2 is 1.71 bits per heavy atom. The highest BCUT2D eigenvalue weighted by Crippen LogP contribution is 2.32. The number of fused-ring (bicyclic) bond motifs is 1. The highest BCUT2D eigenvalue weighted by Gasteiger charge is 2.30. The second-order valence-electron chi connectivity index (χ2n) is 8.34. The maximum Gasteiger partial charge on any atom is 0.416 e. The molecule has 0 N–H and O–H groups in total. The van der Waals surface area contributed by atoms with E-state index in [4.69, 9.17) is 4.74 Å². The molecule has 0 aromatic heterocycles. The van der Waals surface area contributed by atoms with Gasteiger partial charge in [0, 0.05) is 13.1 Å². The molecule has 4 rings (SSSR count). The molecule has 3 aromatic carbocycles. The third kappa shape index (κ3) is 5.57. The molecule has 0 saturated carbocycles. The summed E-state index contributed by atoms with van der Waals surface area (Å²) in [6, 6.07) is 16.3. The summed E-state index contributed by atoms with van der Waals surface area (Å²) in [6.07, 6.45) is -3.39. The smallest absolute Gasteiger partial charge is 0.416 e. The molecule has 3 aromatic rings. The number of rotatable bonds is 6. The van der Waals surface area contributed by atoms with Crippen LogP contribution in [0.1, 0.15) is 40.4 Å². The van der Waals surface area contributed by atoms with E-state index in [2.05, 4.69) is 0 Å². The standard InChI is InChI=1S/C26H24F3NO4S/c1-2-15-35(32,33)30-14-13-19-16-22(12-9-20(19)17-30)34-25(31)24-6-4-3-5-23(24)18-7-10-21(11-8-18)26(27,28)29/h3-12,16H,2,13-15,17H2,1H3. The molecule has 184 valence electrons. The molecular formula is C26H24F3NO4S. The summed E-state index contributed by atoms with van der Waals surface area (Å²) in [5.41, 5.74) is 2.15. The van der Waals surface area contributed by atoms with Crippen LogP contribution in [0.5, 0.6) is 5.75 Å². The number of esters is 1. The van der Waals surface area contributed by atoms with Crippen LogP contribution in [0, 0.1) is 0 Å². The average Bonchev–Trinajstić information content (AvgIpc) is 2.83. The van der Waals surface area contributed by atoms with E-state index in [1.54, 1.807) is 42.5 Å².